The molecule has 3 aromatic rings. The fraction of sp³-hybridized carbons (Fsp3) is 0.200. The van der Waals surface area contributed by atoms with Gasteiger partial charge in [-0.05, 0) is 12.5 Å². The van der Waals surface area contributed by atoms with Gasteiger partial charge in [-0.15, -0.1) is 11.3 Å². The standard InChI is InChI=1S/C10H10N6OS/c1-2-5-3-6(7(11)18-5)10-14-9(16-17-10)8-12-4-13-15-8/h3-4H,2,11H2,1H3,(H,12,13,15). The Morgan fingerprint density at radius 1 is 1.50 bits per heavy atom. The molecule has 0 bridgehead atoms. The first kappa shape index (κ1) is 10.9. The van der Waals surface area contributed by atoms with E-state index in [1.807, 2.05) is 6.07 Å². The van der Waals surface area contributed by atoms with E-state index >= 15 is 0 Å². The quantitative estimate of drug-likeness (QED) is 0.744. The normalized spacial score (nSPS) is 10.9. The van der Waals surface area contributed by atoms with Crippen molar-refractivity contribution in [2.75, 3.05) is 5.73 Å². The van der Waals surface area contributed by atoms with Crippen LogP contribution < -0.4 is 5.73 Å². The summed E-state index contributed by atoms with van der Waals surface area (Å²) in [5.74, 6) is 1.23. The summed E-state index contributed by atoms with van der Waals surface area (Å²) in [5, 5.41) is 10.9. The summed E-state index contributed by atoms with van der Waals surface area (Å²) in [6, 6.07) is 1.97. The van der Waals surface area contributed by atoms with Gasteiger partial charge in [0, 0.05) is 4.88 Å². The lowest BCUT2D eigenvalue weighted by Gasteiger charge is -1.88. The minimum absolute atomic E-state index is 0.367. The van der Waals surface area contributed by atoms with Gasteiger partial charge in [0.05, 0.1) is 10.6 Å². The van der Waals surface area contributed by atoms with E-state index in [0.717, 1.165) is 12.0 Å². The zero-order valence-electron chi connectivity index (χ0n) is 9.54. The van der Waals surface area contributed by atoms with Gasteiger partial charge < -0.3 is 10.3 Å². The van der Waals surface area contributed by atoms with Crippen LogP contribution in [0.3, 0.4) is 0 Å². The molecule has 0 aliphatic rings. The highest BCUT2D eigenvalue weighted by Crippen LogP contribution is 2.33. The molecule has 0 aliphatic carbocycles. The van der Waals surface area contributed by atoms with Crippen molar-refractivity contribution >= 4 is 16.3 Å². The Hall–Kier alpha value is -2.22. The number of nitrogens with two attached hydrogens (primary N) is 1. The van der Waals surface area contributed by atoms with E-state index in [2.05, 4.69) is 32.2 Å². The van der Waals surface area contributed by atoms with Crippen molar-refractivity contribution in [3.05, 3.63) is 17.3 Å². The summed E-state index contributed by atoms with van der Waals surface area (Å²) >= 11 is 1.53. The molecule has 3 aromatic heterocycles. The van der Waals surface area contributed by atoms with Gasteiger partial charge in [-0.2, -0.15) is 10.1 Å². The van der Waals surface area contributed by atoms with Crippen molar-refractivity contribution in [3.8, 4) is 23.1 Å². The average Bonchev–Trinajstić information content (AvgIpc) is 3.08. The van der Waals surface area contributed by atoms with Crippen molar-refractivity contribution in [2.45, 2.75) is 13.3 Å². The van der Waals surface area contributed by atoms with Crippen LogP contribution in [0.25, 0.3) is 23.1 Å². The first-order chi connectivity index (χ1) is 8.78. The second-order valence-electron chi connectivity index (χ2n) is 3.60. The largest absolute Gasteiger partial charge is 0.390 e. The molecule has 0 saturated carbocycles. The fourth-order valence-electron chi connectivity index (χ4n) is 1.54. The highest BCUT2D eigenvalue weighted by Gasteiger charge is 2.16. The Kier molecular flexibility index (Phi) is 2.56. The number of rotatable bonds is 3. The summed E-state index contributed by atoms with van der Waals surface area (Å²) in [6.45, 7) is 2.07. The molecule has 0 atom stereocenters. The van der Waals surface area contributed by atoms with Crippen LogP contribution in [0, 0.1) is 0 Å². The number of aromatic amines is 1. The molecule has 0 saturated heterocycles. The van der Waals surface area contributed by atoms with E-state index in [1.165, 1.54) is 22.5 Å². The topological polar surface area (TPSA) is 107 Å². The zero-order chi connectivity index (χ0) is 12.5. The lowest BCUT2D eigenvalue weighted by molar-refractivity contribution is 0.432. The monoisotopic (exact) mass is 262 g/mol. The van der Waals surface area contributed by atoms with Crippen LogP contribution in [-0.4, -0.2) is 25.3 Å². The van der Waals surface area contributed by atoms with Gasteiger partial charge in [0.2, 0.25) is 5.82 Å². The first-order valence-electron chi connectivity index (χ1n) is 5.36. The molecule has 92 valence electrons. The second kappa shape index (κ2) is 4.22. The van der Waals surface area contributed by atoms with Gasteiger partial charge in [-0.25, -0.2) is 4.98 Å². The van der Waals surface area contributed by atoms with E-state index < -0.39 is 0 Å². The lowest BCUT2D eigenvalue weighted by Crippen LogP contribution is -1.85. The summed E-state index contributed by atoms with van der Waals surface area (Å²) in [6.07, 6.45) is 2.32. The van der Waals surface area contributed by atoms with Crippen molar-refractivity contribution < 1.29 is 4.52 Å². The Morgan fingerprint density at radius 3 is 3.06 bits per heavy atom. The smallest absolute Gasteiger partial charge is 0.261 e. The van der Waals surface area contributed by atoms with Crippen LogP contribution in [0.15, 0.2) is 16.9 Å². The molecule has 3 N–H and O–H groups in total. The summed E-state index contributed by atoms with van der Waals surface area (Å²) in [5.41, 5.74) is 6.71. The molecule has 18 heavy (non-hydrogen) atoms. The van der Waals surface area contributed by atoms with Crippen molar-refractivity contribution in [2.24, 2.45) is 0 Å². The van der Waals surface area contributed by atoms with Crippen molar-refractivity contribution in [1.29, 1.82) is 0 Å². The summed E-state index contributed by atoms with van der Waals surface area (Å²) in [4.78, 5) is 9.39. The van der Waals surface area contributed by atoms with Gasteiger partial charge in [0.15, 0.2) is 5.82 Å². The molecular weight excluding hydrogens is 252 g/mol. The van der Waals surface area contributed by atoms with Crippen LogP contribution in [0.2, 0.25) is 0 Å². The molecule has 3 rings (SSSR count). The molecule has 0 spiro atoms. The molecule has 0 amide bonds. The molecule has 0 aliphatic heterocycles. The highest BCUT2D eigenvalue weighted by molar-refractivity contribution is 7.16. The van der Waals surface area contributed by atoms with Crippen LogP contribution in [0.4, 0.5) is 5.00 Å². The Morgan fingerprint density at radius 2 is 2.39 bits per heavy atom. The number of nitrogens with one attached hydrogen (secondary N) is 1. The van der Waals surface area contributed by atoms with Crippen LogP contribution in [0.5, 0.6) is 0 Å². The number of aryl methyl sites for hydroxylation is 1. The van der Waals surface area contributed by atoms with E-state index in [1.54, 1.807) is 0 Å². The number of nitrogens with zero attached hydrogens (tertiary/aromatic N) is 4. The van der Waals surface area contributed by atoms with Gasteiger partial charge in [-0.1, -0.05) is 12.1 Å². The number of thiophene rings is 1. The van der Waals surface area contributed by atoms with Gasteiger partial charge >= 0.3 is 0 Å². The van der Waals surface area contributed by atoms with E-state index in [-0.39, 0.29) is 0 Å². The maximum atomic E-state index is 5.93. The maximum Gasteiger partial charge on any atom is 0.261 e. The molecular formula is C10H10N6OS. The van der Waals surface area contributed by atoms with Gasteiger partial charge in [-0.3, -0.25) is 5.10 Å². The SMILES string of the molecule is CCc1cc(-c2nc(-c3ncn[nH]3)no2)c(N)s1. The Balaban J connectivity index is 2.00. The number of hydrogen-bond donors (Lipinski definition) is 2. The highest BCUT2D eigenvalue weighted by atomic mass is 32.1. The minimum Gasteiger partial charge on any atom is -0.390 e. The van der Waals surface area contributed by atoms with Crippen molar-refractivity contribution in [1.82, 2.24) is 25.3 Å². The Labute approximate surface area is 106 Å². The number of aromatic nitrogens is 5. The third kappa shape index (κ3) is 1.76. The van der Waals surface area contributed by atoms with Crippen LogP contribution in [0.1, 0.15) is 11.8 Å². The van der Waals surface area contributed by atoms with Crippen LogP contribution >= 0.6 is 11.3 Å². The number of hydrogen-bond acceptors (Lipinski definition) is 7. The summed E-state index contributed by atoms with van der Waals surface area (Å²) in [7, 11) is 0. The molecule has 0 radical (unpaired) electrons. The third-order valence-electron chi connectivity index (χ3n) is 2.44. The molecule has 8 heteroatoms. The lowest BCUT2D eigenvalue weighted by atomic mass is 10.2. The predicted octanol–water partition coefficient (Wildman–Crippen LogP) is 1.73. The van der Waals surface area contributed by atoms with Crippen molar-refractivity contribution in [3.63, 3.8) is 0 Å². The van der Waals surface area contributed by atoms with Gasteiger partial charge in [0.25, 0.3) is 5.89 Å². The fourth-order valence-corrected chi connectivity index (χ4v) is 2.40. The maximum absolute atomic E-state index is 5.93. The molecule has 0 unspecified atom stereocenters. The molecule has 3 heterocycles. The third-order valence-corrected chi connectivity index (χ3v) is 3.55. The minimum atomic E-state index is 0.367. The zero-order valence-corrected chi connectivity index (χ0v) is 10.4. The molecule has 0 aromatic carbocycles. The molecule has 7 nitrogen and oxygen atoms in total. The van der Waals surface area contributed by atoms with E-state index in [9.17, 15) is 0 Å². The first-order valence-corrected chi connectivity index (χ1v) is 6.17. The van der Waals surface area contributed by atoms with E-state index in [0.29, 0.717) is 22.5 Å². The second-order valence-corrected chi connectivity index (χ2v) is 4.77. The number of nitrogen functional groups attached to an aromatic ring is 1. The molecule has 0 fully saturated rings. The Bertz CT molecular complexity index is 656. The van der Waals surface area contributed by atoms with Crippen LogP contribution in [-0.2, 0) is 6.42 Å². The van der Waals surface area contributed by atoms with Gasteiger partial charge in [0.1, 0.15) is 6.33 Å². The number of H-pyrrole nitrogens is 1. The number of anilines is 1. The predicted molar refractivity (Wildman–Crippen MR) is 66.8 cm³/mol. The van der Waals surface area contributed by atoms with E-state index in [4.69, 9.17) is 10.3 Å². The average molecular weight is 262 g/mol. The summed E-state index contributed by atoms with van der Waals surface area (Å²) < 4.78 is 5.19.